The second kappa shape index (κ2) is 7.25. The molecule has 0 unspecified atom stereocenters. The molecule has 7 nitrogen and oxygen atoms in total. The van der Waals surface area contributed by atoms with Crippen molar-refractivity contribution in [3.8, 4) is 0 Å². The number of ether oxygens (including phenoxy) is 1. The number of methoxy groups -OCH3 is 1. The van der Waals surface area contributed by atoms with Crippen LogP contribution in [0, 0.1) is 5.82 Å². The maximum atomic E-state index is 14.0. The molecule has 0 saturated carbocycles. The zero-order valence-electron chi connectivity index (χ0n) is 14.7. The van der Waals surface area contributed by atoms with Crippen LogP contribution in [0.5, 0.6) is 0 Å². The predicted octanol–water partition coefficient (Wildman–Crippen LogP) is 1.94. The summed E-state index contributed by atoms with van der Waals surface area (Å²) in [6, 6.07) is 6.91. The van der Waals surface area contributed by atoms with Crippen LogP contribution in [0.4, 0.5) is 15.9 Å². The number of piperazine rings is 1. The quantitative estimate of drug-likeness (QED) is 0.696. The third-order valence-electron chi connectivity index (χ3n) is 4.69. The molecule has 0 atom stereocenters. The third kappa shape index (κ3) is 3.08. The first-order chi connectivity index (χ1) is 12.8. The van der Waals surface area contributed by atoms with Crippen molar-refractivity contribution in [1.29, 1.82) is 0 Å². The summed E-state index contributed by atoms with van der Waals surface area (Å²) in [6.45, 7) is 4.28. The topological polar surface area (TPSA) is 59.3 Å². The lowest BCUT2D eigenvalue weighted by Gasteiger charge is -2.36. The number of benzene rings is 1. The molecular formula is C18H21FN6O. The van der Waals surface area contributed by atoms with E-state index in [1.807, 2.05) is 16.7 Å². The Morgan fingerprint density at radius 2 is 1.81 bits per heavy atom. The molecule has 4 rings (SSSR count). The number of aromatic nitrogens is 4. The Kier molecular flexibility index (Phi) is 4.66. The van der Waals surface area contributed by atoms with Crippen molar-refractivity contribution in [3.05, 3.63) is 42.7 Å². The Hall–Kier alpha value is -2.74. The number of para-hydroxylation sites is 1. The summed E-state index contributed by atoms with van der Waals surface area (Å²) in [5.41, 5.74) is 2.26. The number of hydrogen-bond acceptors (Lipinski definition) is 6. The minimum atomic E-state index is -0.178. The largest absolute Gasteiger partial charge is 0.383 e. The molecule has 0 bridgehead atoms. The monoisotopic (exact) mass is 356 g/mol. The van der Waals surface area contributed by atoms with Gasteiger partial charge < -0.3 is 19.1 Å². The highest BCUT2D eigenvalue weighted by molar-refractivity contribution is 5.83. The van der Waals surface area contributed by atoms with Gasteiger partial charge in [-0.2, -0.15) is 0 Å². The maximum Gasteiger partial charge on any atom is 0.165 e. The Labute approximate surface area is 151 Å². The van der Waals surface area contributed by atoms with Crippen LogP contribution in [0.3, 0.4) is 0 Å². The molecule has 1 aromatic carbocycles. The molecule has 1 saturated heterocycles. The van der Waals surface area contributed by atoms with Crippen LogP contribution in [0.1, 0.15) is 0 Å². The van der Waals surface area contributed by atoms with E-state index in [0.717, 1.165) is 43.2 Å². The van der Waals surface area contributed by atoms with Crippen molar-refractivity contribution in [1.82, 2.24) is 19.5 Å². The molecule has 0 amide bonds. The van der Waals surface area contributed by atoms with E-state index in [0.29, 0.717) is 18.8 Å². The number of nitrogens with zero attached hydrogens (tertiary/aromatic N) is 6. The fourth-order valence-corrected chi connectivity index (χ4v) is 3.32. The van der Waals surface area contributed by atoms with Gasteiger partial charge in [0.25, 0.3) is 0 Å². The van der Waals surface area contributed by atoms with Gasteiger partial charge in [0, 0.05) is 39.8 Å². The molecule has 1 aliphatic rings. The Morgan fingerprint density at radius 1 is 1.04 bits per heavy atom. The van der Waals surface area contributed by atoms with Crippen LogP contribution < -0.4 is 9.80 Å². The van der Waals surface area contributed by atoms with Crippen molar-refractivity contribution >= 4 is 22.7 Å². The van der Waals surface area contributed by atoms with Crippen LogP contribution in [-0.4, -0.2) is 59.4 Å². The molecule has 0 radical (unpaired) electrons. The van der Waals surface area contributed by atoms with Gasteiger partial charge >= 0.3 is 0 Å². The second-order valence-electron chi connectivity index (χ2n) is 6.23. The van der Waals surface area contributed by atoms with Gasteiger partial charge in [-0.25, -0.2) is 19.3 Å². The Bertz CT molecular complexity index is 890. The van der Waals surface area contributed by atoms with E-state index in [1.54, 1.807) is 25.8 Å². The summed E-state index contributed by atoms with van der Waals surface area (Å²) < 4.78 is 21.1. The van der Waals surface area contributed by atoms with Crippen molar-refractivity contribution in [2.75, 3.05) is 49.7 Å². The standard InChI is InChI=1S/C18H21FN6O/c1-26-11-10-25-13-22-16-17(20-12-21-18(16)25)24-8-6-23(7-9-24)15-5-3-2-4-14(15)19/h2-5,12-13H,6-11H2,1H3. The molecule has 3 aromatic rings. The minimum Gasteiger partial charge on any atom is -0.383 e. The van der Waals surface area contributed by atoms with Gasteiger partial charge in [-0.3, -0.25) is 0 Å². The van der Waals surface area contributed by atoms with E-state index in [-0.39, 0.29) is 5.82 Å². The average Bonchev–Trinajstić information content (AvgIpc) is 3.10. The summed E-state index contributed by atoms with van der Waals surface area (Å²) in [4.78, 5) is 17.6. The highest BCUT2D eigenvalue weighted by Gasteiger charge is 2.23. The summed E-state index contributed by atoms with van der Waals surface area (Å²) in [5.74, 6) is 0.654. The zero-order chi connectivity index (χ0) is 17.9. The smallest absolute Gasteiger partial charge is 0.165 e. The first kappa shape index (κ1) is 16.7. The maximum absolute atomic E-state index is 14.0. The number of imidazole rings is 1. The summed E-state index contributed by atoms with van der Waals surface area (Å²) >= 11 is 0. The van der Waals surface area contributed by atoms with E-state index in [1.165, 1.54) is 6.07 Å². The molecular weight excluding hydrogens is 335 g/mol. The molecule has 0 aliphatic carbocycles. The van der Waals surface area contributed by atoms with Gasteiger partial charge in [0.05, 0.1) is 18.6 Å². The fourth-order valence-electron chi connectivity index (χ4n) is 3.32. The first-order valence-electron chi connectivity index (χ1n) is 8.67. The Morgan fingerprint density at radius 3 is 2.58 bits per heavy atom. The van der Waals surface area contributed by atoms with Gasteiger partial charge in [-0.05, 0) is 12.1 Å². The lowest BCUT2D eigenvalue weighted by molar-refractivity contribution is 0.188. The van der Waals surface area contributed by atoms with E-state index in [9.17, 15) is 4.39 Å². The zero-order valence-corrected chi connectivity index (χ0v) is 14.7. The number of hydrogen-bond donors (Lipinski definition) is 0. The third-order valence-corrected chi connectivity index (χ3v) is 4.69. The second-order valence-corrected chi connectivity index (χ2v) is 6.23. The summed E-state index contributed by atoms with van der Waals surface area (Å²) in [5, 5.41) is 0. The number of halogens is 1. The molecule has 3 heterocycles. The molecule has 8 heteroatoms. The molecule has 136 valence electrons. The van der Waals surface area contributed by atoms with Gasteiger partial charge in [-0.15, -0.1) is 0 Å². The van der Waals surface area contributed by atoms with Gasteiger partial charge in [0.1, 0.15) is 12.1 Å². The number of anilines is 2. The van der Waals surface area contributed by atoms with E-state index in [4.69, 9.17) is 4.74 Å². The number of fused-ring (bicyclic) bond motifs is 1. The molecule has 26 heavy (non-hydrogen) atoms. The highest BCUT2D eigenvalue weighted by atomic mass is 19.1. The van der Waals surface area contributed by atoms with E-state index >= 15 is 0 Å². The number of rotatable bonds is 5. The van der Waals surface area contributed by atoms with Crippen molar-refractivity contribution in [2.24, 2.45) is 0 Å². The molecule has 1 aliphatic heterocycles. The minimum absolute atomic E-state index is 0.178. The predicted molar refractivity (Wildman–Crippen MR) is 98.0 cm³/mol. The van der Waals surface area contributed by atoms with Crippen molar-refractivity contribution < 1.29 is 9.13 Å². The van der Waals surface area contributed by atoms with Crippen LogP contribution in [0.25, 0.3) is 11.2 Å². The Balaban J connectivity index is 1.53. The van der Waals surface area contributed by atoms with Gasteiger partial charge in [-0.1, -0.05) is 12.1 Å². The molecule has 0 spiro atoms. The van der Waals surface area contributed by atoms with Crippen molar-refractivity contribution in [3.63, 3.8) is 0 Å². The molecule has 2 aromatic heterocycles. The summed E-state index contributed by atoms with van der Waals surface area (Å²) in [6.07, 6.45) is 3.35. The van der Waals surface area contributed by atoms with Gasteiger partial charge in [0.15, 0.2) is 17.0 Å². The van der Waals surface area contributed by atoms with Crippen LogP contribution in [0.15, 0.2) is 36.9 Å². The fraction of sp³-hybridized carbons (Fsp3) is 0.389. The van der Waals surface area contributed by atoms with Crippen LogP contribution in [-0.2, 0) is 11.3 Å². The van der Waals surface area contributed by atoms with E-state index in [2.05, 4.69) is 24.8 Å². The SMILES string of the molecule is COCCn1cnc2c(N3CCN(c4ccccc4F)CC3)ncnc21. The summed E-state index contributed by atoms with van der Waals surface area (Å²) in [7, 11) is 1.68. The molecule has 1 fully saturated rings. The van der Waals surface area contributed by atoms with E-state index < -0.39 is 0 Å². The highest BCUT2D eigenvalue weighted by Crippen LogP contribution is 2.25. The average molecular weight is 356 g/mol. The molecule has 0 N–H and O–H groups in total. The normalized spacial score (nSPS) is 15.0. The lowest BCUT2D eigenvalue weighted by Crippen LogP contribution is -2.47. The lowest BCUT2D eigenvalue weighted by atomic mass is 10.2. The van der Waals surface area contributed by atoms with Gasteiger partial charge in [0.2, 0.25) is 0 Å². The van der Waals surface area contributed by atoms with Crippen LogP contribution in [0.2, 0.25) is 0 Å². The van der Waals surface area contributed by atoms with Crippen molar-refractivity contribution in [2.45, 2.75) is 6.54 Å². The first-order valence-corrected chi connectivity index (χ1v) is 8.67. The van der Waals surface area contributed by atoms with Crippen LogP contribution >= 0.6 is 0 Å².